The van der Waals surface area contributed by atoms with Crippen molar-refractivity contribution in [2.24, 2.45) is 5.92 Å². The van der Waals surface area contributed by atoms with Gasteiger partial charge in [-0.15, -0.1) is 0 Å². The van der Waals surface area contributed by atoms with Crippen molar-refractivity contribution in [1.29, 1.82) is 0 Å². The third-order valence-corrected chi connectivity index (χ3v) is 7.19. The maximum atomic E-state index is 12.8. The minimum Gasteiger partial charge on any atom is -0.478 e. The van der Waals surface area contributed by atoms with Crippen molar-refractivity contribution in [2.45, 2.75) is 50.0 Å². The average Bonchev–Trinajstić information content (AvgIpc) is 3.51. The number of aromatic carboxylic acids is 1. The van der Waals surface area contributed by atoms with Crippen LogP contribution in [0.2, 0.25) is 0 Å². The van der Waals surface area contributed by atoms with Crippen LogP contribution >= 0.6 is 0 Å². The number of benzene rings is 1. The molecule has 0 spiro atoms. The molecule has 0 radical (unpaired) electrons. The van der Waals surface area contributed by atoms with Gasteiger partial charge in [-0.1, -0.05) is 6.92 Å². The number of carbonyl (C=O) groups excluding carboxylic acids is 1. The lowest BCUT2D eigenvalue weighted by atomic mass is 9.96. The zero-order valence-corrected chi connectivity index (χ0v) is 16.3. The third-order valence-electron chi connectivity index (χ3n) is 5.28. The van der Waals surface area contributed by atoms with Crippen molar-refractivity contribution in [3.8, 4) is 0 Å². The molecule has 0 bridgehead atoms. The van der Waals surface area contributed by atoms with Crippen LogP contribution in [0.15, 0.2) is 29.2 Å². The molecular formula is C19H26N2O5S. The number of rotatable bonds is 7. The number of piperidine rings is 1. The summed E-state index contributed by atoms with van der Waals surface area (Å²) in [6.45, 7) is 3.46. The summed E-state index contributed by atoms with van der Waals surface area (Å²) in [5, 5.41) is 8.94. The van der Waals surface area contributed by atoms with Gasteiger partial charge in [-0.2, -0.15) is 4.31 Å². The van der Waals surface area contributed by atoms with Crippen molar-refractivity contribution in [2.75, 3.05) is 19.6 Å². The highest BCUT2D eigenvalue weighted by molar-refractivity contribution is 7.89. The van der Waals surface area contributed by atoms with Gasteiger partial charge in [0.25, 0.3) is 0 Å². The first-order valence-electron chi connectivity index (χ1n) is 9.48. The van der Waals surface area contributed by atoms with Crippen molar-refractivity contribution >= 4 is 21.9 Å². The Bertz CT molecular complexity index is 794. The highest BCUT2D eigenvalue weighted by Crippen LogP contribution is 2.31. The zero-order valence-electron chi connectivity index (χ0n) is 15.5. The Balaban J connectivity index is 1.63. The van der Waals surface area contributed by atoms with Gasteiger partial charge in [0, 0.05) is 31.6 Å². The lowest BCUT2D eigenvalue weighted by Gasteiger charge is -2.33. The first-order chi connectivity index (χ1) is 12.8. The minimum absolute atomic E-state index is 0.0503. The quantitative estimate of drug-likeness (QED) is 0.765. The molecule has 1 N–H and O–H groups in total. The number of carboxylic acids is 1. The van der Waals surface area contributed by atoms with Crippen LogP contribution in [-0.2, 0) is 14.8 Å². The molecule has 7 nitrogen and oxygen atoms in total. The van der Waals surface area contributed by atoms with E-state index >= 15 is 0 Å². The molecule has 1 saturated heterocycles. The van der Waals surface area contributed by atoms with Crippen LogP contribution in [0, 0.1) is 5.92 Å². The molecule has 27 heavy (non-hydrogen) atoms. The summed E-state index contributed by atoms with van der Waals surface area (Å²) in [6, 6.07) is 5.62. The Morgan fingerprint density at radius 1 is 1.11 bits per heavy atom. The van der Waals surface area contributed by atoms with Crippen molar-refractivity contribution in [1.82, 2.24) is 9.21 Å². The first-order valence-corrected chi connectivity index (χ1v) is 10.9. The van der Waals surface area contributed by atoms with Gasteiger partial charge in [-0.3, -0.25) is 4.79 Å². The molecule has 0 unspecified atom stereocenters. The average molecular weight is 394 g/mol. The highest BCUT2D eigenvalue weighted by Gasteiger charge is 2.38. The Hall–Kier alpha value is -1.93. The molecule has 0 atom stereocenters. The van der Waals surface area contributed by atoms with Gasteiger partial charge in [-0.25, -0.2) is 13.2 Å². The fraction of sp³-hybridized carbons (Fsp3) is 0.579. The molecule has 2 aliphatic rings. The number of sulfonamides is 1. The molecule has 1 amide bonds. The topological polar surface area (TPSA) is 95.0 Å². The highest BCUT2D eigenvalue weighted by atomic mass is 32.2. The van der Waals surface area contributed by atoms with Crippen LogP contribution in [0.25, 0.3) is 0 Å². The van der Waals surface area contributed by atoms with Gasteiger partial charge < -0.3 is 10.0 Å². The Kier molecular flexibility index (Phi) is 5.86. The molecule has 1 aliphatic carbocycles. The van der Waals surface area contributed by atoms with Crippen LogP contribution in [0.5, 0.6) is 0 Å². The van der Waals surface area contributed by atoms with Crippen LogP contribution in [-0.4, -0.2) is 60.3 Å². The van der Waals surface area contributed by atoms with Gasteiger partial charge >= 0.3 is 5.97 Å². The molecule has 2 fully saturated rings. The van der Waals surface area contributed by atoms with Gasteiger partial charge in [0.15, 0.2) is 0 Å². The molecule has 148 valence electrons. The molecule has 1 saturated carbocycles. The van der Waals surface area contributed by atoms with E-state index in [-0.39, 0.29) is 22.3 Å². The maximum Gasteiger partial charge on any atom is 0.335 e. The maximum absolute atomic E-state index is 12.8. The smallest absolute Gasteiger partial charge is 0.335 e. The molecule has 1 aliphatic heterocycles. The number of amides is 1. The largest absolute Gasteiger partial charge is 0.478 e. The predicted octanol–water partition coefficient (Wildman–Crippen LogP) is 2.19. The fourth-order valence-corrected chi connectivity index (χ4v) is 5.07. The van der Waals surface area contributed by atoms with E-state index in [0.717, 1.165) is 25.8 Å². The van der Waals surface area contributed by atoms with Crippen molar-refractivity contribution in [3.63, 3.8) is 0 Å². The fourth-order valence-electron chi connectivity index (χ4n) is 3.60. The SMILES string of the molecule is CCCN(C(=O)C1CCN(S(=O)(=O)c2ccc(C(=O)O)cc2)CC1)C1CC1. The van der Waals surface area contributed by atoms with Crippen LogP contribution in [0.4, 0.5) is 0 Å². The molecule has 1 aromatic rings. The van der Waals surface area contributed by atoms with E-state index in [0.29, 0.717) is 32.0 Å². The van der Waals surface area contributed by atoms with E-state index in [1.165, 1.54) is 28.6 Å². The summed E-state index contributed by atoms with van der Waals surface area (Å²) in [6.07, 6.45) is 4.13. The second kappa shape index (κ2) is 7.98. The number of carboxylic acid groups (broad SMARTS) is 1. The van der Waals surface area contributed by atoms with E-state index in [4.69, 9.17) is 5.11 Å². The molecule has 3 rings (SSSR count). The summed E-state index contributed by atoms with van der Waals surface area (Å²) in [5.41, 5.74) is 0.0503. The number of hydrogen-bond acceptors (Lipinski definition) is 4. The van der Waals surface area contributed by atoms with Crippen molar-refractivity contribution in [3.05, 3.63) is 29.8 Å². The molecule has 1 heterocycles. The van der Waals surface area contributed by atoms with Crippen molar-refractivity contribution < 1.29 is 23.1 Å². The standard InChI is InChI=1S/C19H26N2O5S/c1-2-11-21(16-5-6-16)18(22)14-9-12-20(13-10-14)27(25,26)17-7-3-15(4-8-17)19(23)24/h3-4,7-8,14,16H,2,5-6,9-13H2,1H3,(H,23,24). The second-order valence-electron chi connectivity index (χ2n) is 7.27. The van der Waals surface area contributed by atoms with E-state index in [1.807, 2.05) is 4.90 Å². The molecule has 1 aromatic carbocycles. The third kappa shape index (κ3) is 4.32. The molecule has 0 aromatic heterocycles. The minimum atomic E-state index is -3.67. The predicted molar refractivity (Wildman–Crippen MR) is 99.9 cm³/mol. The zero-order chi connectivity index (χ0) is 19.6. The van der Waals surface area contributed by atoms with Gasteiger partial charge in [-0.05, 0) is 56.4 Å². The summed E-state index contributed by atoms with van der Waals surface area (Å²) in [5.74, 6) is -1.04. The van der Waals surface area contributed by atoms with Gasteiger partial charge in [0.05, 0.1) is 10.5 Å². The first kappa shape index (κ1) is 19.8. The summed E-state index contributed by atoms with van der Waals surface area (Å²) in [4.78, 5) is 25.8. The van der Waals surface area contributed by atoms with E-state index in [9.17, 15) is 18.0 Å². The lowest BCUT2D eigenvalue weighted by Crippen LogP contribution is -2.45. The van der Waals surface area contributed by atoms with Gasteiger partial charge in [0.1, 0.15) is 0 Å². The Labute approximate surface area is 160 Å². The number of carbonyl (C=O) groups is 2. The van der Waals surface area contributed by atoms with E-state index < -0.39 is 16.0 Å². The summed E-state index contributed by atoms with van der Waals surface area (Å²) < 4.78 is 27.0. The van der Waals surface area contributed by atoms with Crippen LogP contribution < -0.4 is 0 Å². The summed E-state index contributed by atoms with van der Waals surface area (Å²) >= 11 is 0. The number of hydrogen-bond donors (Lipinski definition) is 1. The monoisotopic (exact) mass is 394 g/mol. The van der Waals surface area contributed by atoms with E-state index in [2.05, 4.69) is 6.92 Å². The normalized spacial score (nSPS) is 19.0. The molecule has 8 heteroatoms. The summed E-state index contributed by atoms with van der Waals surface area (Å²) in [7, 11) is -3.67. The Morgan fingerprint density at radius 2 is 1.70 bits per heavy atom. The lowest BCUT2D eigenvalue weighted by molar-refractivity contribution is -0.137. The van der Waals surface area contributed by atoms with Crippen LogP contribution in [0.1, 0.15) is 49.4 Å². The van der Waals surface area contributed by atoms with E-state index in [1.54, 1.807) is 0 Å². The Morgan fingerprint density at radius 3 is 2.19 bits per heavy atom. The second-order valence-corrected chi connectivity index (χ2v) is 9.21. The van der Waals surface area contributed by atoms with Crippen LogP contribution in [0.3, 0.4) is 0 Å². The number of nitrogens with zero attached hydrogens (tertiary/aromatic N) is 2. The molecular weight excluding hydrogens is 368 g/mol. The van der Waals surface area contributed by atoms with Gasteiger partial charge in [0.2, 0.25) is 15.9 Å².